The molecule has 0 atom stereocenters. The van der Waals surface area contributed by atoms with Gasteiger partial charge in [-0.2, -0.15) is 0 Å². The number of nitrogens with two attached hydrogens (primary N) is 1. The molecule has 9 heteroatoms. The lowest BCUT2D eigenvalue weighted by Crippen LogP contribution is -2.49. The van der Waals surface area contributed by atoms with Gasteiger partial charge in [0.15, 0.2) is 0 Å². The number of benzene rings is 1. The molecule has 3 heterocycles. The van der Waals surface area contributed by atoms with Gasteiger partial charge in [-0.3, -0.25) is 14.2 Å². The first-order valence-electron chi connectivity index (χ1n) is 10.9. The Morgan fingerprint density at radius 3 is 2.72 bits per heavy atom. The van der Waals surface area contributed by atoms with Crippen LogP contribution in [0.4, 0.5) is 5.69 Å². The Kier molecular flexibility index (Phi) is 6.88. The standard InChI is InChI=1S/C23H29N5O3S/c24-10-11-25-18-14-32-21-20(18)26-16-28(22(21)30)15-23(31)8-12-27(13-9-23)19(29)7-6-17-4-2-1-3-5-17/h1-5,14,16,25,31H,6-13,15,24H2. The maximum absolute atomic E-state index is 12.9. The second kappa shape index (κ2) is 9.81. The summed E-state index contributed by atoms with van der Waals surface area (Å²) in [6, 6.07) is 9.96. The Labute approximate surface area is 190 Å². The highest BCUT2D eigenvalue weighted by molar-refractivity contribution is 7.17. The van der Waals surface area contributed by atoms with Crippen molar-refractivity contribution in [3.8, 4) is 0 Å². The number of nitrogens with one attached hydrogen (secondary N) is 1. The number of rotatable bonds is 8. The van der Waals surface area contributed by atoms with Crippen molar-refractivity contribution in [1.82, 2.24) is 14.5 Å². The minimum Gasteiger partial charge on any atom is -0.388 e. The third kappa shape index (κ3) is 5.01. The normalized spacial score (nSPS) is 15.8. The lowest BCUT2D eigenvalue weighted by Gasteiger charge is -2.38. The molecular formula is C23H29N5O3S. The number of aromatic nitrogens is 2. The molecule has 1 aromatic carbocycles. The van der Waals surface area contributed by atoms with Crippen molar-refractivity contribution in [2.75, 3.05) is 31.5 Å². The van der Waals surface area contributed by atoms with Crippen LogP contribution < -0.4 is 16.6 Å². The fraction of sp³-hybridized carbons (Fsp3) is 0.435. The fourth-order valence-electron chi connectivity index (χ4n) is 4.09. The summed E-state index contributed by atoms with van der Waals surface area (Å²) < 4.78 is 2.04. The first-order chi connectivity index (χ1) is 15.5. The summed E-state index contributed by atoms with van der Waals surface area (Å²) in [7, 11) is 0. The van der Waals surface area contributed by atoms with Gasteiger partial charge in [-0.1, -0.05) is 30.3 Å². The molecular weight excluding hydrogens is 426 g/mol. The van der Waals surface area contributed by atoms with E-state index < -0.39 is 5.60 Å². The molecule has 1 aliphatic heterocycles. The summed E-state index contributed by atoms with van der Waals surface area (Å²) in [6.45, 7) is 2.25. The van der Waals surface area contributed by atoms with E-state index >= 15 is 0 Å². The molecule has 0 aliphatic carbocycles. The van der Waals surface area contributed by atoms with E-state index in [4.69, 9.17) is 5.73 Å². The first-order valence-corrected chi connectivity index (χ1v) is 11.8. The van der Waals surface area contributed by atoms with Crippen molar-refractivity contribution < 1.29 is 9.90 Å². The zero-order chi connectivity index (χ0) is 22.6. The number of fused-ring (bicyclic) bond motifs is 1. The van der Waals surface area contributed by atoms with Crippen molar-refractivity contribution >= 4 is 33.1 Å². The van der Waals surface area contributed by atoms with Crippen molar-refractivity contribution in [3.63, 3.8) is 0 Å². The third-order valence-corrected chi connectivity index (χ3v) is 6.95. The number of carbonyl (C=O) groups excluding carboxylic acids is 1. The van der Waals surface area contributed by atoms with Crippen LogP contribution in [0, 0.1) is 0 Å². The number of hydrogen-bond donors (Lipinski definition) is 3. The zero-order valence-corrected chi connectivity index (χ0v) is 18.8. The summed E-state index contributed by atoms with van der Waals surface area (Å²) in [6.07, 6.45) is 3.54. The number of aryl methyl sites for hydroxylation is 1. The quantitative estimate of drug-likeness (QED) is 0.477. The topological polar surface area (TPSA) is 113 Å². The van der Waals surface area contributed by atoms with Gasteiger partial charge in [0.1, 0.15) is 10.2 Å². The Bertz CT molecular complexity index is 1120. The molecule has 3 aromatic rings. The Hall–Kier alpha value is -2.75. The van der Waals surface area contributed by atoms with E-state index in [0.29, 0.717) is 62.1 Å². The maximum atomic E-state index is 12.9. The Balaban J connectivity index is 1.36. The highest BCUT2D eigenvalue weighted by Gasteiger charge is 2.34. The summed E-state index contributed by atoms with van der Waals surface area (Å²) in [4.78, 5) is 31.8. The highest BCUT2D eigenvalue weighted by Crippen LogP contribution is 2.27. The molecule has 0 radical (unpaired) electrons. The van der Waals surface area contributed by atoms with E-state index in [1.807, 2.05) is 40.6 Å². The van der Waals surface area contributed by atoms with Crippen LogP contribution in [0.1, 0.15) is 24.8 Å². The van der Waals surface area contributed by atoms with Crippen LogP contribution in [0.5, 0.6) is 0 Å². The summed E-state index contributed by atoms with van der Waals surface area (Å²) in [5.41, 5.74) is 6.93. The van der Waals surface area contributed by atoms with Crippen LogP contribution >= 0.6 is 11.3 Å². The summed E-state index contributed by atoms with van der Waals surface area (Å²) in [5.74, 6) is 0.104. The van der Waals surface area contributed by atoms with Gasteiger partial charge < -0.3 is 21.1 Å². The van der Waals surface area contributed by atoms with E-state index in [1.54, 1.807) is 0 Å². The molecule has 0 bridgehead atoms. The summed E-state index contributed by atoms with van der Waals surface area (Å²) >= 11 is 1.34. The monoisotopic (exact) mass is 455 g/mol. The van der Waals surface area contributed by atoms with E-state index in [1.165, 1.54) is 22.2 Å². The number of piperidine rings is 1. The molecule has 4 N–H and O–H groups in total. The number of nitrogens with zero attached hydrogens (tertiary/aromatic N) is 3. The molecule has 1 fully saturated rings. The van der Waals surface area contributed by atoms with E-state index in [0.717, 1.165) is 11.3 Å². The van der Waals surface area contributed by atoms with Gasteiger partial charge in [0.05, 0.1) is 24.2 Å². The van der Waals surface area contributed by atoms with E-state index in [9.17, 15) is 14.7 Å². The van der Waals surface area contributed by atoms with Crippen LogP contribution in [-0.4, -0.2) is 57.2 Å². The SMILES string of the molecule is NCCNc1csc2c(=O)n(CC3(O)CCN(C(=O)CCc4ccccc4)CC3)cnc12. The number of aliphatic hydroxyl groups is 1. The van der Waals surface area contributed by atoms with Gasteiger partial charge in [0, 0.05) is 38.0 Å². The van der Waals surface area contributed by atoms with Crippen molar-refractivity contribution in [2.24, 2.45) is 5.73 Å². The minimum absolute atomic E-state index is 0.104. The van der Waals surface area contributed by atoms with E-state index in [2.05, 4.69) is 10.3 Å². The number of likely N-dealkylation sites (tertiary alicyclic amines) is 1. The number of thiophene rings is 1. The fourth-order valence-corrected chi connectivity index (χ4v) is 5.01. The van der Waals surface area contributed by atoms with Gasteiger partial charge in [0.25, 0.3) is 5.56 Å². The zero-order valence-electron chi connectivity index (χ0n) is 18.0. The van der Waals surface area contributed by atoms with Crippen LogP contribution in [-0.2, 0) is 17.8 Å². The smallest absolute Gasteiger partial charge is 0.271 e. The molecule has 0 spiro atoms. The second-order valence-electron chi connectivity index (χ2n) is 8.31. The van der Waals surface area contributed by atoms with Crippen LogP contribution in [0.3, 0.4) is 0 Å². The minimum atomic E-state index is -1.03. The number of hydrogen-bond acceptors (Lipinski definition) is 7. The molecule has 1 amide bonds. The number of anilines is 1. The molecule has 0 saturated carbocycles. The van der Waals surface area contributed by atoms with Crippen molar-refractivity contribution in [2.45, 2.75) is 37.8 Å². The number of amides is 1. The van der Waals surface area contributed by atoms with Crippen LogP contribution in [0.15, 0.2) is 46.8 Å². The summed E-state index contributed by atoms with van der Waals surface area (Å²) in [5, 5.41) is 16.1. The van der Waals surface area contributed by atoms with Crippen molar-refractivity contribution in [1.29, 1.82) is 0 Å². The first kappa shape index (κ1) is 22.4. The lowest BCUT2D eigenvalue weighted by molar-refractivity contribution is -0.135. The molecule has 1 aliphatic rings. The predicted molar refractivity (Wildman–Crippen MR) is 127 cm³/mol. The largest absolute Gasteiger partial charge is 0.388 e. The van der Waals surface area contributed by atoms with Crippen molar-refractivity contribution in [3.05, 3.63) is 58.0 Å². The second-order valence-corrected chi connectivity index (χ2v) is 9.19. The van der Waals surface area contributed by atoms with Gasteiger partial charge in [-0.25, -0.2) is 4.98 Å². The average molecular weight is 456 g/mol. The van der Waals surface area contributed by atoms with Crippen LogP contribution in [0.25, 0.3) is 10.2 Å². The Morgan fingerprint density at radius 1 is 1.25 bits per heavy atom. The molecule has 4 rings (SSSR count). The molecule has 2 aromatic heterocycles. The van der Waals surface area contributed by atoms with Gasteiger partial charge in [-0.05, 0) is 24.8 Å². The molecule has 8 nitrogen and oxygen atoms in total. The van der Waals surface area contributed by atoms with Gasteiger partial charge >= 0.3 is 0 Å². The molecule has 170 valence electrons. The Morgan fingerprint density at radius 2 is 2.00 bits per heavy atom. The molecule has 1 saturated heterocycles. The third-order valence-electron chi connectivity index (χ3n) is 5.99. The molecule has 32 heavy (non-hydrogen) atoms. The average Bonchev–Trinajstić information content (AvgIpc) is 3.23. The van der Waals surface area contributed by atoms with Crippen LogP contribution in [0.2, 0.25) is 0 Å². The maximum Gasteiger partial charge on any atom is 0.271 e. The predicted octanol–water partition coefficient (Wildman–Crippen LogP) is 1.81. The lowest BCUT2D eigenvalue weighted by atomic mass is 9.91. The highest BCUT2D eigenvalue weighted by atomic mass is 32.1. The van der Waals surface area contributed by atoms with Gasteiger partial charge in [-0.15, -0.1) is 11.3 Å². The van der Waals surface area contributed by atoms with Gasteiger partial charge in [0.2, 0.25) is 5.91 Å². The number of carbonyl (C=O) groups is 1. The molecule has 0 unspecified atom stereocenters. The van der Waals surface area contributed by atoms with E-state index in [-0.39, 0.29) is 18.0 Å².